The molecule has 3 rings (SSSR count). The van der Waals surface area contributed by atoms with Crippen LogP contribution in [0.1, 0.15) is 17.3 Å². The Balaban J connectivity index is 1.65. The van der Waals surface area contributed by atoms with Gasteiger partial charge in [-0.2, -0.15) is 5.10 Å². The van der Waals surface area contributed by atoms with Crippen LogP contribution in [0.5, 0.6) is 0 Å². The number of carbonyl (C=O) groups is 3. The number of ketones is 1. The first kappa shape index (κ1) is 15.4. The van der Waals surface area contributed by atoms with E-state index in [4.69, 9.17) is 0 Å². The summed E-state index contributed by atoms with van der Waals surface area (Å²) in [6.45, 7) is 1.46. The van der Waals surface area contributed by atoms with E-state index in [0.29, 0.717) is 16.9 Å². The SMILES string of the molecule is CC(=O)c1ccc(NC(=O)C(=O)Nc2ccc3cn[nH]c3c2)cc1. The molecule has 1 heterocycles. The molecule has 0 atom stereocenters. The summed E-state index contributed by atoms with van der Waals surface area (Å²) in [5.41, 5.74) is 2.21. The van der Waals surface area contributed by atoms with Crippen LogP contribution in [0.15, 0.2) is 48.7 Å². The van der Waals surface area contributed by atoms with Crippen LogP contribution >= 0.6 is 0 Å². The molecular weight excluding hydrogens is 308 g/mol. The number of rotatable bonds is 3. The second-order valence-corrected chi connectivity index (χ2v) is 5.21. The molecule has 1 aromatic heterocycles. The summed E-state index contributed by atoms with van der Waals surface area (Å²) < 4.78 is 0. The van der Waals surface area contributed by atoms with Gasteiger partial charge in [0.2, 0.25) is 0 Å². The molecular formula is C17H14N4O3. The quantitative estimate of drug-likeness (QED) is 0.508. The van der Waals surface area contributed by atoms with Gasteiger partial charge in [0, 0.05) is 22.3 Å². The van der Waals surface area contributed by atoms with Crippen molar-refractivity contribution in [2.75, 3.05) is 10.6 Å². The lowest BCUT2D eigenvalue weighted by Gasteiger charge is -2.07. The summed E-state index contributed by atoms with van der Waals surface area (Å²) in [5, 5.41) is 12.6. The maximum absolute atomic E-state index is 12.0. The molecule has 3 aromatic rings. The summed E-state index contributed by atoms with van der Waals surface area (Å²) in [5.74, 6) is -1.65. The number of Topliss-reactive ketones (excluding diaryl/α,β-unsaturated/α-hetero) is 1. The first-order valence-corrected chi connectivity index (χ1v) is 7.19. The van der Waals surface area contributed by atoms with Crippen LogP contribution in [0.2, 0.25) is 0 Å². The fourth-order valence-electron chi connectivity index (χ4n) is 2.18. The predicted molar refractivity (Wildman–Crippen MR) is 89.8 cm³/mol. The van der Waals surface area contributed by atoms with Crippen LogP contribution in [-0.4, -0.2) is 27.8 Å². The summed E-state index contributed by atoms with van der Waals surface area (Å²) in [6, 6.07) is 11.5. The van der Waals surface area contributed by atoms with Crippen molar-refractivity contribution in [1.29, 1.82) is 0 Å². The van der Waals surface area contributed by atoms with Crippen molar-refractivity contribution in [2.45, 2.75) is 6.92 Å². The van der Waals surface area contributed by atoms with Gasteiger partial charge >= 0.3 is 11.8 Å². The zero-order valence-electron chi connectivity index (χ0n) is 12.8. The van der Waals surface area contributed by atoms with Gasteiger partial charge in [0.25, 0.3) is 0 Å². The molecule has 0 aliphatic heterocycles. The van der Waals surface area contributed by atoms with Crippen molar-refractivity contribution in [3.63, 3.8) is 0 Å². The van der Waals surface area contributed by atoms with E-state index in [1.54, 1.807) is 48.7 Å². The summed E-state index contributed by atoms with van der Waals surface area (Å²) in [4.78, 5) is 35.1. The Bertz CT molecular complexity index is 928. The van der Waals surface area contributed by atoms with Gasteiger partial charge in [-0.1, -0.05) is 0 Å². The average molecular weight is 322 g/mol. The lowest BCUT2D eigenvalue weighted by Crippen LogP contribution is -2.29. The molecule has 0 saturated heterocycles. The Labute approximate surface area is 137 Å². The van der Waals surface area contributed by atoms with Gasteiger partial charge in [0.15, 0.2) is 5.78 Å². The van der Waals surface area contributed by atoms with E-state index in [1.165, 1.54) is 6.92 Å². The molecule has 0 aliphatic carbocycles. The van der Waals surface area contributed by atoms with Gasteiger partial charge in [-0.05, 0) is 49.4 Å². The number of aromatic amines is 1. The number of benzene rings is 2. The Kier molecular flexibility index (Phi) is 4.07. The molecule has 0 radical (unpaired) electrons. The van der Waals surface area contributed by atoms with Crippen molar-refractivity contribution in [2.24, 2.45) is 0 Å². The number of amides is 2. The number of carbonyl (C=O) groups excluding carboxylic acids is 3. The zero-order valence-corrected chi connectivity index (χ0v) is 12.8. The van der Waals surface area contributed by atoms with Crippen LogP contribution in [0.3, 0.4) is 0 Å². The molecule has 0 bridgehead atoms. The molecule has 0 aliphatic rings. The van der Waals surface area contributed by atoms with Crippen molar-refractivity contribution in [3.8, 4) is 0 Å². The van der Waals surface area contributed by atoms with E-state index in [0.717, 1.165) is 10.9 Å². The Morgan fingerprint density at radius 3 is 2.21 bits per heavy atom. The third-order valence-corrected chi connectivity index (χ3v) is 3.46. The van der Waals surface area contributed by atoms with Gasteiger partial charge in [-0.3, -0.25) is 19.5 Å². The number of hydrogen-bond donors (Lipinski definition) is 3. The number of anilines is 2. The van der Waals surface area contributed by atoms with E-state index in [2.05, 4.69) is 20.8 Å². The maximum Gasteiger partial charge on any atom is 0.314 e. The minimum Gasteiger partial charge on any atom is -0.318 e. The predicted octanol–water partition coefficient (Wildman–Crippen LogP) is 2.34. The maximum atomic E-state index is 12.0. The second kappa shape index (κ2) is 6.33. The topological polar surface area (TPSA) is 104 Å². The molecule has 0 fully saturated rings. The zero-order chi connectivity index (χ0) is 17.1. The minimum atomic E-state index is -0.796. The summed E-state index contributed by atoms with van der Waals surface area (Å²) >= 11 is 0. The van der Waals surface area contributed by atoms with Gasteiger partial charge in [-0.15, -0.1) is 0 Å². The molecule has 0 spiro atoms. The van der Waals surface area contributed by atoms with Gasteiger partial charge < -0.3 is 10.6 Å². The van der Waals surface area contributed by atoms with Crippen molar-refractivity contribution >= 4 is 39.9 Å². The number of H-pyrrole nitrogens is 1. The first-order chi connectivity index (χ1) is 11.5. The highest BCUT2D eigenvalue weighted by Gasteiger charge is 2.14. The van der Waals surface area contributed by atoms with Crippen LogP contribution in [0.4, 0.5) is 11.4 Å². The molecule has 24 heavy (non-hydrogen) atoms. The highest BCUT2D eigenvalue weighted by Crippen LogP contribution is 2.16. The number of hydrogen-bond acceptors (Lipinski definition) is 4. The Morgan fingerprint density at radius 2 is 1.54 bits per heavy atom. The third-order valence-electron chi connectivity index (χ3n) is 3.46. The fourth-order valence-corrected chi connectivity index (χ4v) is 2.18. The Morgan fingerprint density at radius 1 is 0.917 bits per heavy atom. The highest BCUT2D eigenvalue weighted by molar-refractivity contribution is 6.43. The smallest absolute Gasteiger partial charge is 0.314 e. The summed E-state index contributed by atoms with van der Waals surface area (Å²) in [7, 11) is 0. The molecule has 120 valence electrons. The Hall–Kier alpha value is -3.48. The molecule has 7 heteroatoms. The van der Waals surface area contributed by atoms with E-state index < -0.39 is 11.8 Å². The minimum absolute atomic E-state index is 0.0696. The van der Waals surface area contributed by atoms with Crippen LogP contribution in [-0.2, 0) is 9.59 Å². The average Bonchev–Trinajstić information content (AvgIpc) is 3.03. The molecule has 0 saturated carbocycles. The number of nitrogens with zero attached hydrogens (tertiary/aromatic N) is 1. The van der Waals surface area contributed by atoms with Gasteiger partial charge in [-0.25, -0.2) is 0 Å². The third kappa shape index (κ3) is 3.30. The summed E-state index contributed by atoms with van der Waals surface area (Å²) in [6.07, 6.45) is 1.67. The molecule has 2 amide bonds. The number of nitrogens with one attached hydrogen (secondary N) is 3. The molecule has 7 nitrogen and oxygen atoms in total. The second-order valence-electron chi connectivity index (χ2n) is 5.21. The molecule has 2 aromatic carbocycles. The van der Waals surface area contributed by atoms with Crippen LogP contribution in [0.25, 0.3) is 10.9 Å². The monoisotopic (exact) mass is 322 g/mol. The number of fused-ring (bicyclic) bond motifs is 1. The van der Waals surface area contributed by atoms with E-state index in [1.807, 2.05) is 0 Å². The standard InChI is InChI=1S/C17H14N4O3/c1-10(22)11-2-5-13(6-3-11)19-16(23)17(24)20-14-7-4-12-9-18-21-15(12)8-14/h2-9H,1H3,(H,18,21)(H,19,23)(H,20,24). The first-order valence-electron chi connectivity index (χ1n) is 7.19. The number of aromatic nitrogens is 2. The normalized spacial score (nSPS) is 10.4. The fraction of sp³-hybridized carbons (Fsp3) is 0.0588. The van der Waals surface area contributed by atoms with Crippen molar-refractivity contribution in [3.05, 3.63) is 54.2 Å². The molecule has 0 unspecified atom stereocenters. The van der Waals surface area contributed by atoms with E-state index in [-0.39, 0.29) is 5.78 Å². The van der Waals surface area contributed by atoms with Gasteiger partial charge in [0.1, 0.15) is 0 Å². The van der Waals surface area contributed by atoms with E-state index >= 15 is 0 Å². The van der Waals surface area contributed by atoms with Crippen LogP contribution in [0, 0.1) is 0 Å². The largest absolute Gasteiger partial charge is 0.318 e. The lowest BCUT2D eigenvalue weighted by molar-refractivity contribution is -0.132. The van der Waals surface area contributed by atoms with Gasteiger partial charge in [0.05, 0.1) is 11.7 Å². The van der Waals surface area contributed by atoms with E-state index in [9.17, 15) is 14.4 Å². The highest BCUT2D eigenvalue weighted by atomic mass is 16.2. The van der Waals surface area contributed by atoms with Crippen LogP contribution < -0.4 is 10.6 Å². The lowest BCUT2D eigenvalue weighted by atomic mass is 10.1. The molecule has 3 N–H and O–H groups in total. The van der Waals surface area contributed by atoms with Crippen molar-refractivity contribution in [1.82, 2.24) is 10.2 Å². The van der Waals surface area contributed by atoms with Crippen molar-refractivity contribution < 1.29 is 14.4 Å².